The number of H-pyrrole nitrogens is 1. The van der Waals surface area contributed by atoms with Gasteiger partial charge < -0.3 is 15.3 Å². The van der Waals surface area contributed by atoms with E-state index in [0.717, 1.165) is 30.5 Å². The molecule has 3 aromatic heterocycles. The van der Waals surface area contributed by atoms with E-state index in [1.54, 1.807) is 16.3 Å². The number of aliphatic carboxylic acids is 1. The number of hydrogen-bond donors (Lipinski definition) is 3. The van der Waals surface area contributed by atoms with Crippen LogP contribution in [-0.2, 0) is 10.2 Å². The molecule has 0 spiro atoms. The standard InChI is InChI=1S/C19H23N7O2/c1-18(7-8-18)13-11-14(23-22-13)20-15-12-5-3-10-26(12)24-17(21-15)25-9-4-6-19(25,2)16(27)28/h3,5,10-11H,4,6-9H2,1-2H3,(H,27,28)(H2,20,21,22,23,24)/t19-/m0/s1. The Labute approximate surface area is 161 Å². The molecule has 2 aliphatic rings. The molecule has 5 rings (SSSR count). The third-order valence-corrected chi connectivity index (χ3v) is 6.20. The maximum absolute atomic E-state index is 11.9. The Bertz CT molecular complexity index is 1070. The molecule has 28 heavy (non-hydrogen) atoms. The number of carboxylic acids is 1. The lowest BCUT2D eigenvalue weighted by molar-refractivity contribution is -0.142. The van der Waals surface area contributed by atoms with E-state index in [2.05, 4.69) is 32.5 Å². The summed E-state index contributed by atoms with van der Waals surface area (Å²) < 4.78 is 1.72. The van der Waals surface area contributed by atoms with Crippen LogP contribution in [0.2, 0.25) is 0 Å². The predicted octanol–water partition coefficient (Wildman–Crippen LogP) is 2.69. The van der Waals surface area contributed by atoms with Crippen LogP contribution in [0, 0.1) is 0 Å². The molecule has 9 heteroatoms. The number of nitrogens with one attached hydrogen (secondary N) is 2. The number of aromatic nitrogens is 5. The summed E-state index contributed by atoms with van der Waals surface area (Å²) in [6.07, 6.45) is 5.52. The van der Waals surface area contributed by atoms with Crippen molar-refractivity contribution in [2.24, 2.45) is 0 Å². The molecule has 1 saturated heterocycles. The fraction of sp³-hybridized carbons (Fsp3) is 0.474. The molecular formula is C19H23N7O2. The first-order valence-electron chi connectivity index (χ1n) is 9.58. The largest absolute Gasteiger partial charge is 0.480 e. The Morgan fingerprint density at radius 1 is 1.32 bits per heavy atom. The van der Waals surface area contributed by atoms with Crippen molar-refractivity contribution in [3.63, 3.8) is 0 Å². The molecule has 0 amide bonds. The highest BCUT2D eigenvalue weighted by Crippen LogP contribution is 2.47. The van der Waals surface area contributed by atoms with Crippen LogP contribution in [0.1, 0.15) is 45.2 Å². The molecule has 0 radical (unpaired) electrons. The van der Waals surface area contributed by atoms with E-state index in [1.807, 2.05) is 24.4 Å². The fourth-order valence-electron chi connectivity index (χ4n) is 3.91. The lowest BCUT2D eigenvalue weighted by atomic mass is 10.00. The van der Waals surface area contributed by atoms with Gasteiger partial charge in [0.15, 0.2) is 11.6 Å². The van der Waals surface area contributed by atoms with Crippen LogP contribution in [0.5, 0.6) is 0 Å². The topological polar surface area (TPSA) is 111 Å². The minimum absolute atomic E-state index is 0.201. The molecule has 1 aliphatic heterocycles. The van der Waals surface area contributed by atoms with Crippen molar-refractivity contribution in [3.05, 3.63) is 30.1 Å². The second-order valence-corrected chi connectivity index (χ2v) is 8.29. The molecule has 0 bridgehead atoms. The van der Waals surface area contributed by atoms with E-state index in [0.29, 0.717) is 30.5 Å². The smallest absolute Gasteiger partial charge is 0.329 e. The monoisotopic (exact) mass is 381 g/mol. The molecule has 3 N–H and O–H groups in total. The fourth-order valence-corrected chi connectivity index (χ4v) is 3.91. The Morgan fingerprint density at radius 3 is 2.89 bits per heavy atom. The van der Waals surface area contributed by atoms with Crippen molar-refractivity contribution in [1.82, 2.24) is 24.8 Å². The highest BCUT2D eigenvalue weighted by Gasteiger charge is 2.45. The van der Waals surface area contributed by atoms with E-state index in [1.165, 1.54) is 0 Å². The first-order valence-corrected chi connectivity index (χ1v) is 9.58. The number of rotatable bonds is 5. The number of fused-ring (bicyclic) bond motifs is 1. The van der Waals surface area contributed by atoms with Crippen LogP contribution in [0.25, 0.3) is 5.52 Å². The summed E-state index contributed by atoms with van der Waals surface area (Å²) >= 11 is 0. The Hall–Kier alpha value is -3.10. The average molecular weight is 381 g/mol. The average Bonchev–Trinajstić information content (AvgIpc) is 3.08. The van der Waals surface area contributed by atoms with E-state index in [-0.39, 0.29) is 5.41 Å². The summed E-state index contributed by atoms with van der Waals surface area (Å²) in [5.74, 6) is 0.843. The first-order chi connectivity index (χ1) is 13.4. The van der Waals surface area contributed by atoms with E-state index < -0.39 is 11.5 Å². The molecule has 9 nitrogen and oxygen atoms in total. The zero-order valence-electron chi connectivity index (χ0n) is 15.9. The molecule has 3 aromatic rings. The van der Waals surface area contributed by atoms with Crippen molar-refractivity contribution >= 4 is 29.1 Å². The highest BCUT2D eigenvalue weighted by atomic mass is 16.4. The second kappa shape index (κ2) is 5.70. The van der Waals surface area contributed by atoms with Crippen LogP contribution in [-0.4, -0.2) is 48.0 Å². The minimum Gasteiger partial charge on any atom is -0.480 e. The van der Waals surface area contributed by atoms with E-state index in [4.69, 9.17) is 0 Å². The second-order valence-electron chi connectivity index (χ2n) is 8.29. The van der Waals surface area contributed by atoms with Gasteiger partial charge in [0.2, 0.25) is 5.95 Å². The van der Waals surface area contributed by atoms with E-state index >= 15 is 0 Å². The molecule has 0 aromatic carbocycles. The third-order valence-electron chi connectivity index (χ3n) is 6.20. The Balaban J connectivity index is 1.53. The maximum Gasteiger partial charge on any atom is 0.329 e. The summed E-state index contributed by atoms with van der Waals surface area (Å²) in [6.45, 7) is 4.56. The van der Waals surface area contributed by atoms with Gasteiger partial charge in [-0.05, 0) is 44.7 Å². The number of anilines is 3. The van der Waals surface area contributed by atoms with Crippen molar-refractivity contribution in [2.45, 2.75) is 50.5 Å². The zero-order valence-corrected chi connectivity index (χ0v) is 15.9. The van der Waals surface area contributed by atoms with Gasteiger partial charge in [-0.25, -0.2) is 9.31 Å². The van der Waals surface area contributed by atoms with Crippen LogP contribution >= 0.6 is 0 Å². The van der Waals surface area contributed by atoms with Gasteiger partial charge in [-0.2, -0.15) is 10.1 Å². The molecule has 2 fully saturated rings. The van der Waals surface area contributed by atoms with Gasteiger partial charge in [0.1, 0.15) is 11.1 Å². The lowest BCUT2D eigenvalue weighted by Crippen LogP contribution is -2.49. The molecule has 1 saturated carbocycles. The summed E-state index contributed by atoms with van der Waals surface area (Å²) in [6, 6.07) is 5.83. The summed E-state index contributed by atoms with van der Waals surface area (Å²) in [7, 11) is 0. The van der Waals surface area contributed by atoms with Crippen molar-refractivity contribution in [2.75, 3.05) is 16.8 Å². The summed E-state index contributed by atoms with van der Waals surface area (Å²) in [5, 5.41) is 25.1. The van der Waals surface area contributed by atoms with Crippen LogP contribution in [0.15, 0.2) is 24.4 Å². The zero-order chi connectivity index (χ0) is 19.5. The number of hydrogen-bond acceptors (Lipinski definition) is 6. The molecule has 0 unspecified atom stereocenters. The predicted molar refractivity (Wildman–Crippen MR) is 104 cm³/mol. The third kappa shape index (κ3) is 2.53. The van der Waals surface area contributed by atoms with Gasteiger partial charge >= 0.3 is 5.97 Å². The lowest BCUT2D eigenvalue weighted by Gasteiger charge is -2.31. The highest BCUT2D eigenvalue weighted by molar-refractivity contribution is 5.83. The molecular weight excluding hydrogens is 358 g/mol. The van der Waals surface area contributed by atoms with Crippen LogP contribution in [0.3, 0.4) is 0 Å². The van der Waals surface area contributed by atoms with E-state index in [9.17, 15) is 9.90 Å². The summed E-state index contributed by atoms with van der Waals surface area (Å²) in [4.78, 5) is 18.3. The van der Waals surface area contributed by atoms with Gasteiger partial charge in [-0.3, -0.25) is 5.10 Å². The SMILES string of the molecule is CC1(c2cc(Nc3nc(N4CCC[C@@]4(C)C(=O)O)nn4cccc34)n[nH]2)CC1. The van der Waals surface area contributed by atoms with Crippen molar-refractivity contribution < 1.29 is 9.90 Å². The van der Waals surface area contributed by atoms with Crippen LogP contribution < -0.4 is 10.2 Å². The van der Waals surface area contributed by atoms with Gasteiger partial charge in [0, 0.05) is 29.9 Å². The Kier molecular flexibility index (Phi) is 3.47. The number of aromatic amines is 1. The van der Waals surface area contributed by atoms with Gasteiger partial charge in [-0.15, -0.1) is 5.10 Å². The van der Waals surface area contributed by atoms with Crippen molar-refractivity contribution in [1.29, 1.82) is 0 Å². The molecule has 146 valence electrons. The Morgan fingerprint density at radius 2 is 2.14 bits per heavy atom. The normalized spacial score (nSPS) is 23.3. The first kappa shape index (κ1) is 17.0. The maximum atomic E-state index is 11.9. The van der Waals surface area contributed by atoms with Gasteiger partial charge in [0.05, 0.1) is 0 Å². The quantitative estimate of drug-likeness (QED) is 0.623. The number of carbonyl (C=O) groups is 1. The molecule has 1 atom stereocenters. The van der Waals surface area contributed by atoms with Crippen molar-refractivity contribution in [3.8, 4) is 0 Å². The number of nitrogens with zero attached hydrogens (tertiary/aromatic N) is 5. The summed E-state index contributed by atoms with van der Waals surface area (Å²) in [5.41, 5.74) is 1.13. The van der Waals surface area contributed by atoms with Gasteiger partial charge in [-0.1, -0.05) is 6.92 Å². The minimum atomic E-state index is -1.00. The van der Waals surface area contributed by atoms with Crippen LogP contribution in [0.4, 0.5) is 17.6 Å². The molecule has 1 aliphatic carbocycles. The number of carboxylic acid groups (broad SMARTS) is 1. The molecule has 4 heterocycles. The van der Waals surface area contributed by atoms with Gasteiger partial charge in [0.25, 0.3) is 0 Å².